The first-order chi connectivity index (χ1) is 9.36. The van der Waals surface area contributed by atoms with Crippen molar-refractivity contribution in [1.82, 2.24) is 9.97 Å². The minimum absolute atomic E-state index is 0.000177. The largest absolute Gasteiger partial charge is 0.394 e. The minimum Gasteiger partial charge on any atom is -0.394 e. The van der Waals surface area contributed by atoms with Crippen molar-refractivity contribution in [3.05, 3.63) is 11.4 Å². The van der Waals surface area contributed by atoms with Gasteiger partial charge in [-0.3, -0.25) is 0 Å². The van der Waals surface area contributed by atoms with Gasteiger partial charge in [-0.2, -0.15) is 0 Å². The average molecular weight is 280 g/mol. The van der Waals surface area contributed by atoms with Crippen LogP contribution in [0.5, 0.6) is 0 Å². The Balaban J connectivity index is 2.37. The maximum absolute atomic E-state index is 9.40. The van der Waals surface area contributed by atoms with E-state index < -0.39 is 0 Å². The summed E-state index contributed by atoms with van der Waals surface area (Å²) in [4.78, 5) is 11.0. The molecule has 1 aromatic heterocycles. The molecule has 0 aromatic carbocycles. The molecule has 112 valence electrons. The van der Waals surface area contributed by atoms with Crippen LogP contribution < -0.4 is 10.6 Å². The third kappa shape index (κ3) is 3.02. The quantitative estimate of drug-likeness (QED) is 0.856. The Bertz CT molecular complexity index is 490. The van der Waals surface area contributed by atoms with E-state index in [1.54, 1.807) is 0 Å². The molecule has 2 heterocycles. The summed E-state index contributed by atoms with van der Waals surface area (Å²) in [5.74, 6) is 2.12. The number of ether oxygens (including phenoxy) is 1. The molecule has 0 amide bonds. The molecular weight excluding hydrogens is 256 g/mol. The highest BCUT2D eigenvalue weighted by molar-refractivity contribution is 5.57. The first kappa shape index (κ1) is 15.0. The second-order valence-electron chi connectivity index (χ2n) is 5.89. The monoisotopic (exact) mass is 280 g/mol. The predicted octanol–water partition coefficient (Wildman–Crippen LogP) is 0.906. The van der Waals surface area contributed by atoms with Gasteiger partial charge >= 0.3 is 0 Å². The number of nitrogens with zero attached hydrogens (tertiary/aromatic N) is 3. The molecule has 20 heavy (non-hydrogen) atoms. The molecule has 1 fully saturated rings. The Labute approximate surface area is 120 Å². The summed E-state index contributed by atoms with van der Waals surface area (Å²) in [6, 6.07) is 0. The lowest BCUT2D eigenvalue weighted by Gasteiger charge is -2.43. The van der Waals surface area contributed by atoms with Crippen molar-refractivity contribution < 1.29 is 9.84 Å². The number of nitrogens with two attached hydrogens (primary N) is 1. The van der Waals surface area contributed by atoms with Gasteiger partial charge < -0.3 is 20.5 Å². The highest BCUT2D eigenvalue weighted by atomic mass is 16.5. The van der Waals surface area contributed by atoms with Gasteiger partial charge in [0.15, 0.2) is 0 Å². The van der Waals surface area contributed by atoms with Crippen LogP contribution in [0, 0.1) is 6.92 Å². The van der Waals surface area contributed by atoms with Crippen molar-refractivity contribution in [2.75, 3.05) is 30.3 Å². The Hall–Kier alpha value is -1.40. The van der Waals surface area contributed by atoms with Gasteiger partial charge in [0.05, 0.1) is 18.3 Å². The first-order valence-corrected chi connectivity index (χ1v) is 7.03. The molecule has 1 aliphatic heterocycles. The van der Waals surface area contributed by atoms with Crippen LogP contribution in [-0.2, 0) is 11.2 Å². The molecule has 0 radical (unpaired) electrons. The highest BCUT2D eigenvalue weighted by Crippen LogP contribution is 2.28. The topological polar surface area (TPSA) is 84.5 Å². The van der Waals surface area contributed by atoms with Gasteiger partial charge in [-0.25, -0.2) is 9.97 Å². The van der Waals surface area contributed by atoms with E-state index in [9.17, 15) is 5.11 Å². The van der Waals surface area contributed by atoms with Gasteiger partial charge in [0.2, 0.25) is 0 Å². The van der Waals surface area contributed by atoms with E-state index in [1.807, 2.05) is 27.7 Å². The first-order valence-electron chi connectivity index (χ1n) is 7.03. The summed E-state index contributed by atoms with van der Waals surface area (Å²) in [6.07, 6.45) is 0.536. The molecule has 1 saturated heterocycles. The smallest absolute Gasteiger partial charge is 0.137 e. The van der Waals surface area contributed by atoms with Crippen LogP contribution in [0.4, 0.5) is 11.6 Å². The fourth-order valence-electron chi connectivity index (χ4n) is 2.59. The molecule has 0 aliphatic carbocycles. The zero-order valence-corrected chi connectivity index (χ0v) is 12.7. The molecule has 1 unspecified atom stereocenters. The second kappa shape index (κ2) is 5.54. The number of hydrogen-bond donors (Lipinski definition) is 2. The summed E-state index contributed by atoms with van der Waals surface area (Å²) in [5, 5.41) is 9.40. The summed E-state index contributed by atoms with van der Waals surface area (Å²) in [6.45, 7) is 9.30. The third-order valence-electron chi connectivity index (χ3n) is 3.50. The standard InChI is InChI=1S/C14H24N4O2/c1-5-11-16-12(15)9(2)13(17-11)18-6-10(7-19)20-14(3,4)8-18/h10,19H,5-8H2,1-4H3,(H2,15,16,17). The lowest BCUT2D eigenvalue weighted by atomic mass is 10.0. The molecule has 6 heteroatoms. The summed E-state index contributed by atoms with van der Waals surface area (Å²) in [7, 11) is 0. The number of anilines is 2. The molecule has 0 spiro atoms. The van der Waals surface area contributed by atoms with E-state index in [0.717, 1.165) is 23.6 Å². The van der Waals surface area contributed by atoms with Gasteiger partial charge in [0, 0.05) is 25.1 Å². The zero-order chi connectivity index (χ0) is 14.9. The van der Waals surface area contributed by atoms with Crippen LogP contribution in [0.2, 0.25) is 0 Å². The molecule has 0 bridgehead atoms. The number of aliphatic hydroxyl groups excluding tert-OH is 1. The van der Waals surface area contributed by atoms with Crippen LogP contribution in [-0.4, -0.2) is 46.5 Å². The lowest BCUT2D eigenvalue weighted by molar-refractivity contribution is -0.101. The van der Waals surface area contributed by atoms with E-state index in [4.69, 9.17) is 10.5 Å². The summed E-state index contributed by atoms with van der Waals surface area (Å²) >= 11 is 0. The van der Waals surface area contributed by atoms with Crippen molar-refractivity contribution in [1.29, 1.82) is 0 Å². The summed E-state index contributed by atoms with van der Waals surface area (Å²) < 4.78 is 5.84. The average Bonchev–Trinajstić information content (AvgIpc) is 2.39. The van der Waals surface area contributed by atoms with Crippen LogP contribution in [0.3, 0.4) is 0 Å². The van der Waals surface area contributed by atoms with Gasteiger partial charge in [-0.05, 0) is 20.8 Å². The fourth-order valence-corrected chi connectivity index (χ4v) is 2.59. The van der Waals surface area contributed by atoms with Crippen molar-refractivity contribution in [3.63, 3.8) is 0 Å². The van der Waals surface area contributed by atoms with Crippen molar-refractivity contribution in [2.45, 2.75) is 45.8 Å². The SMILES string of the molecule is CCc1nc(N)c(C)c(N2CC(CO)OC(C)(C)C2)n1. The molecule has 0 saturated carbocycles. The van der Waals surface area contributed by atoms with Crippen LogP contribution in [0.15, 0.2) is 0 Å². The van der Waals surface area contributed by atoms with E-state index in [2.05, 4.69) is 14.9 Å². The Kier molecular flexibility index (Phi) is 4.15. The Morgan fingerprint density at radius 3 is 2.75 bits per heavy atom. The molecular formula is C14H24N4O2. The van der Waals surface area contributed by atoms with Gasteiger partial charge in [-0.1, -0.05) is 6.92 Å². The highest BCUT2D eigenvalue weighted by Gasteiger charge is 2.34. The van der Waals surface area contributed by atoms with E-state index in [-0.39, 0.29) is 18.3 Å². The molecule has 1 aliphatic rings. The number of morpholine rings is 1. The molecule has 2 rings (SSSR count). The molecule has 1 aromatic rings. The Morgan fingerprint density at radius 1 is 1.45 bits per heavy atom. The fraction of sp³-hybridized carbons (Fsp3) is 0.714. The number of nitrogen functional groups attached to an aromatic ring is 1. The van der Waals surface area contributed by atoms with Crippen LogP contribution in [0.1, 0.15) is 32.2 Å². The number of rotatable bonds is 3. The van der Waals surface area contributed by atoms with E-state index in [0.29, 0.717) is 18.9 Å². The van der Waals surface area contributed by atoms with Crippen molar-refractivity contribution >= 4 is 11.6 Å². The predicted molar refractivity (Wildman–Crippen MR) is 78.8 cm³/mol. The maximum Gasteiger partial charge on any atom is 0.137 e. The molecule has 6 nitrogen and oxygen atoms in total. The number of aliphatic hydroxyl groups is 1. The Morgan fingerprint density at radius 2 is 2.15 bits per heavy atom. The molecule has 3 N–H and O–H groups in total. The maximum atomic E-state index is 9.40. The van der Waals surface area contributed by atoms with Crippen LogP contribution >= 0.6 is 0 Å². The normalized spacial score (nSPS) is 22.1. The van der Waals surface area contributed by atoms with Crippen molar-refractivity contribution in [3.8, 4) is 0 Å². The molecule has 1 atom stereocenters. The van der Waals surface area contributed by atoms with Crippen molar-refractivity contribution in [2.24, 2.45) is 0 Å². The number of hydrogen-bond acceptors (Lipinski definition) is 6. The summed E-state index contributed by atoms with van der Waals surface area (Å²) in [5.41, 5.74) is 6.54. The lowest BCUT2D eigenvalue weighted by Crippen LogP contribution is -2.54. The van der Waals surface area contributed by atoms with Gasteiger partial charge in [-0.15, -0.1) is 0 Å². The van der Waals surface area contributed by atoms with E-state index in [1.165, 1.54) is 0 Å². The van der Waals surface area contributed by atoms with Crippen LogP contribution in [0.25, 0.3) is 0 Å². The zero-order valence-electron chi connectivity index (χ0n) is 12.7. The van der Waals surface area contributed by atoms with Gasteiger partial charge in [0.1, 0.15) is 17.5 Å². The third-order valence-corrected chi connectivity index (χ3v) is 3.50. The van der Waals surface area contributed by atoms with E-state index >= 15 is 0 Å². The van der Waals surface area contributed by atoms with Gasteiger partial charge in [0.25, 0.3) is 0 Å². The number of aromatic nitrogens is 2. The number of aryl methyl sites for hydroxylation is 1. The second-order valence-corrected chi connectivity index (χ2v) is 5.89. The minimum atomic E-state index is -0.329.